The molecule has 3 heteroatoms. The summed E-state index contributed by atoms with van der Waals surface area (Å²) < 4.78 is 0. The van der Waals surface area contributed by atoms with Crippen LogP contribution >= 0.6 is 0 Å². The fraction of sp³-hybridized carbons (Fsp3) is 0.588. The fourth-order valence-electron chi connectivity index (χ4n) is 2.61. The maximum absolute atomic E-state index is 11.9. The van der Waals surface area contributed by atoms with Crippen LogP contribution in [0.3, 0.4) is 0 Å². The first-order chi connectivity index (χ1) is 9.69. The lowest BCUT2D eigenvalue weighted by Gasteiger charge is -2.32. The Morgan fingerprint density at radius 3 is 2.55 bits per heavy atom. The van der Waals surface area contributed by atoms with E-state index in [1.54, 1.807) is 0 Å². The van der Waals surface area contributed by atoms with Crippen molar-refractivity contribution >= 4 is 5.91 Å². The smallest absolute Gasteiger partial charge is 0.223 e. The van der Waals surface area contributed by atoms with Crippen molar-refractivity contribution in [3.8, 4) is 0 Å². The van der Waals surface area contributed by atoms with Gasteiger partial charge < -0.3 is 5.32 Å². The molecule has 0 spiro atoms. The van der Waals surface area contributed by atoms with Crippen molar-refractivity contribution in [3.05, 3.63) is 35.9 Å². The number of hydrogen-bond acceptors (Lipinski definition) is 2. The first kappa shape index (κ1) is 15.0. The van der Waals surface area contributed by atoms with Gasteiger partial charge >= 0.3 is 0 Å². The number of nitrogens with one attached hydrogen (secondary N) is 1. The minimum absolute atomic E-state index is 0.136. The third-order valence-electron chi connectivity index (χ3n) is 4.24. The van der Waals surface area contributed by atoms with Crippen LogP contribution in [0.2, 0.25) is 0 Å². The van der Waals surface area contributed by atoms with E-state index in [0.717, 1.165) is 38.9 Å². The quantitative estimate of drug-likeness (QED) is 0.895. The summed E-state index contributed by atoms with van der Waals surface area (Å²) in [5.41, 5.74) is 1.37. The molecular weight excluding hydrogens is 248 g/mol. The van der Waals surface area contributed by atoms with Crippen LogP contribution in [-0.2, 0) is 11.3 Å². The zero-order valence-corrected chi connectivity index (χ0v) is 12.6. The third kappa shape index (κ3) is 4.34. The molecule has 1 aromatic rings. The van der Waals surface area contributed by atoms with Crippen LogP contribution in [0, 0.1) is 5.92 Å². The van der Waals surface area contributed by atoms with Crippen LogP contribution < -0.4 is 5.32 Å². The van der Waals surface area contributed by atoms with Gasteiger partial charge in [-0.15, -0.1) is 0 Å². The van der Waals surface area contributed by atoms with E-state index >= 15 is 0 Å². The molecular formula is C17H26N2O. The van der Waals surface area contributed by atoms with Gasteiger partial charge in [0.05, 0.1) is 0 Å². The normalized spacial score (nSPS) is 18.7. The van der Waals surface area contributed by atoms with E-state index < -0.39 is 0 Å². The van der Waals surface area contributed by atoms with E-state index in [-0.39, 0.29) is 11.8 Å². The molecule has 0 aliphatic carbocycles. The number of carbonyl (C=O) groups is 1. The van der Waals surface area contributed by atoms with Crippen LogP contribution in [-0.4, -0.2) is 29.9 Å². The number of hydrogen-bond donors (Lipinski definition) is 1. The Morgan fingerprint density at radius 2 is 1.95 bits per heavy atom. The summed E-state index contributed by atoms with van der Waals surface area (Å²) in [4.78, 5) is 14.4. The second-order valence-corrected chi connectivity index (χ2v) is 5.85. The Hall–Kier alpha value is -1.35. The second-order valence-electron chi connectivity index (χ2n) is 5.85. The minimum Gasteiger partial charge on any atom is -0.353 e. The van der Waals surface area contributed by atoms with Crippen molar-refractivity contribution in [1.82, 2.24) is 10.2 Å². The van der Waals surface area contributed by atoms with E-state index in [1.807, 2.05) is 6.92 Å². The largest absolute Gasteiger partial charge is 0.353 e. The van der Waals surface area contributed by atoms with Crippen LogP contribution in [0.1, 0.15) is 38.7 Å². The average molecular weight is 274 g/mol. The van der Waals surface area contributed by atoms with Crippen LogP contribution in [0.5, 0.6) is 0 Å². The number of nitrogens with zero attached hydrogens (tertiary/aromatic N) is 1. The van der Waals surface area contributed by atoms with Crippen molar-refractivity contribution in [2.24, 2.45) is 5.92 Å². The number of rotatable bonds is 5. The molecule has 1 aliphatic heterocycles. The molecule has 1 atom stereocenters. The number of benzene rings is 1. The monoisotopic (exact) mass is 274 g/mol. The van der Waals surface area contributed by atoms with Crippen LogP contribution in [0.25, 0.3) is 0 Å². The van der Waals surface area contributed by atoms with Gasteiger partial charge in [-0.25, -0.2) is 0 Å². The SMILES string of the molecule is CCC(C)C(=O)NC1CCN(Cc2ccccc2)CC1. The Morgan fingerprint density at radius 1 is 1.30 bits per heavy atom. The molecule has 3 nitrogen and oxygen atoms in total. The lowest BCUT2D eigenvalue weighted by atomic mass is 10.0. The summed E-state index contributed by atoms with van der Waals surface area (Å²) in [6.45, 7) is 7.22. The molecule has 0 bridgehead atoms. The molecule has 1 saturated heterocycles. The van der Waals surface area contributed by atoms with Gasteiger partial charge in [0.1, 0.15) is 0 Å². The van der Waals surface area contributed by atoms with Gasteiger partial charge in [-0.05, 0) is 24.8 Å². The predicted octanol–water partition coefficient (Wildman–Crippen LogP) is 2.81. The fourth-order valence-corrected chi connectivity index (χ4v) is 2.61. The molecule has 1 amide bonds. The predicted molar refractivity (Wildman–Crippen MR) is 82.3 cm³/mol. The molecule has 1 aromatic carbocycles. The Balaban J connectivity index is 1.74. The maximum atomic E-state index is 11.9. The molecule has 2 rings (SSSR count). The van der Waals surface area contributed by atoms with Gasteiger partial charge in [0.2, 0.25) is 5.91 Å². The molecule has 1 fully saturated rings. The second kappa shape index (κ2) is 7.44. The van der Waals surface area contributed by atoms with Gasteiger partial charge in [-0.3, -0.25) is 9.69 Å². The number of likely N-dealkylation sites (tertiary alicyclic amines) is 1. The summed E-state index contributed by atoms with van der Waals surface area (Å²) in [5, 5.41) is 3.19. The number of piperidine rings is 1. The zero-order valence-electron chi connectivity index (χ0n) is 12.6. The van der Waals surface area contributed by atoms with E-state index in [0.29, 0.717) is 6.04 Å². The molecule has 20 heavy (non-hydrogen) atoms. The summed E-state index contributed by atoms with van der Waals surface area (Å²) in [5.74, 6) is 0.353. The first-order valence-corrected chi connectivity index (χ1v) is 7.75. The highest BCUT2D eigenvalue weighted by molar-refractivity contribution is 5.78. The Kier molecular flexibility index (Phi) is 5.60. The molecule has 0 aromatic heterocycles. The molecule has 1 unspecified atom stereocenters. The molecule has 0 radical (unpaired) electrons. The summed E-state index contributed by atoms with van der Waals surface area (Å²) >= 11 is 0. The highest BCUT2D eigenvalue weighted by atomic mass is 16.1. The molecule has 0 saturated carbocycles. The van der Waals surface area contributed by atoms with Gasteiger partial charge in [0, 0.05) is 31.6 Å². The Bertz CT molecular complexity index is 410. The van der Waals surface area contributed by atoms with Crippen molar-refractivity contribution in [2.45, 2.75) is 45.7 Å². The average Bonchev–Trinajstić information content (AvgIpc) is 2.49. The van der Waals surface area contributed by atoms with Gasteiger partial charge in [0.15, 0.2) is 0 Å². The highest BCUT2D eigenvalue weighted by Crippen LogP contribution is 2.14. The van der Waals surface area contributed by atoms with Crippen LogP contribution in [0.4, 0.5) is 0 Å². The molecule has 110 valence electrons. The Labute approximate surface area is 122 Å². The molecule has 1 heterocycles. The zero-order chi connectivity index (χ0) is 14.4. The van der Waals surface area contributed by atoms with E-state index in [1.165, 1.54) is 5.56 Å². The summed E-state index contributed by atoms with van der Waals surface area (Å²) in [6, 6.07) is 11.0. The minimum atomic E-state index is 0.136. The van der Waals surface area contributed by atoms with Crippen molar-refractivity contribution in [2.75, 3.05) is 13.1 Å². The van der Waals surface area contributed by atoms with E-state index in [9.17, 15) is 4.79 Å². The van der Waals surface area contributed by atoms with Gasteiger partial charge in [0.25, 0.3) is 0 Å². The van der Waals surface area contributed by atoms with Crippen molar-refractivity contribution < 1.29 is 4.79 Å². The lowest BCUT2D eigenvalue weighted by Crippen LogP contribution is -2.45. The van der Waals surface area contributed by atoms with Crippen molar-refractivity contribution in [1.29, 1.82) is 0 Å². The standard InChI is InChI=1S/C17H26N2O/c1-3-14(2)17(20)18-16-9-11-19(12-10-16)13-15-7-5-4-6-8-15/h4-8,14,16H,3,9-13H2,1-2H3,(H,18,20). The highest BCUT2D eigenvalue weighted by Gasteiger charge is 2.22. The van der Waals surface area contributed by atoms with E-state index in [4.69, 9.17) is 0 Å². The van der Waals surface area contributed by atoms with Gasteiger partial charge in [-0.2, -0.15) is 0 Å². The third-order valence-corrected chi connectivity index (χ3v) is 4.24. The van der Waals surface area contributed by atoms with Gasteiger partial charge in [-0.1, -0.05) is 44.2 Å². The molecule has 1 aliphatic rings. The topological polar surface area (TPSA) is 32.3 Å². The maximum Gasteiger partial charge on any atom is 0.223 e. The summed E-state index contributed by atoms with van der Waals surface area (Å²) in [6.07, 6.45) is 3.04. The van der Waals surface area contributed by atoms with Crippen LogP contribution in [0.15, 0.2) is 30.3 Å². The first-order valence-electron chi connectivity index (χ1n) is 7.75. The summed E-state index contributed by atoms with van der Waals surface area (Å²) in [7, 11) is 0. The van der Waals surface area contributed by atoms with Crippen molar-refractivity contribution in [3.63, 3.8) is 0 Å². The number of carbonyl (C=O) groups excluding carboxylic acids is 1. The molecule has 1 N–H and O–H groups in total. The lowest BCUT2D eigenvalue weighted by molar-refractivity contribution is -0.125. The van der Waals surface area contributed by atoms with E-state index in [2.05, 4.69) is 47.5 Å². The number of amides is 1.